The number of alkyl halides is 2. The molecule has 2 aliphatic carbocycles. The van der Waals surface area contributed by atoms with E-state index in [1.807, 2.05) is 19.1 Å². The van der Waals surface area contributed by atoms with Crippen molar-refractivity contribution in [3.8, 4) is 0 Å². The van der Waals surface area contributed by atoms with Crippen LogP contribution in [0.2, 0.25) is 0 Å². The summed E-state index contributed by atoms with van der Waals surface area (Å²) in [6.07, 6.45) is 1.93. The van der Waals surface area contributed by atoms with Crippen molar-refractivity contribution in [1.82, 2.24) is 14.2 Å². The van der Waals surface area contributed by atoms with Crippen LogP contribution >= 0.6 is 0 Å². The first-order valence-electron chi connectivity index (χ1n) is 12.7. The fraction of sp³-hybridized carbons (Fsp3) is 0.481. The molecule has 3 atom stereocenters. The van der Waals surface area contributed by atoms with Gasteiger partial charge in [-0.25, -0.2) is 22.2 Å². The Morgan fingerprint density at radius 3 is 2.62 bits per heavy atom. The summed E-state index contributed by atoms with van der Waals surface area (Å²) in [4.78, 5) is 20.2. The molecular formula is C27H29F2N3O4S. The first-order valence-corrected chi connectivity index (χ1v) is 14.2. The third kappa shape index (κ3) is 4.54. The molecule has 3 aliphatic rings. The number of piperidine rings is 1. The number of nitrogens with zero attached hydrogens (tertiary/aromatic N) is 3. The van der Waals surface area contributed by atoms with Crippen molar-refractivity contribution in [2.75, 3.05) is 6.54 Å². The van der Waals surface area contributed by atoms with Gasteiger partial charge in [-0.15, -0.1) is 0 Å². The number of benzene rings is 2. The Bertz CT molecular complexity index is 1430. The molecule has 1 aromatic heterocycles. The predicted octanol–water partition coefficient (Wildman–Crippen LogP) is 4.75. The van der Waals surface area contributed by atoms with Crippen molar-refractivity contribution in [1.29, 1.82) is 0 Å². The van der Waals surface area contributed by atoms with Gasteiger partial charge in [-0.2, -0.15) is 4.31 Å². The van der Waals surface area contributed by atoms with E-state index in [2.05, 4.69) is 4.98 Å². The Morgan fingerprint density at radius 2 is 1.89 bits per heavy atom. The van der Waals surface area contributed by atoms with Crippen LogP contribution in [0.25, 0.3) is 11.1 Å². The highest BCUT2D eigenvalue weighted by Gasteiger charge is 2.60. The van der Waals surface area contributed by atoms with Crippen LogP contribution in [0.4, 0.5) is 8.78 Å². The number of aryl methyl sites for hydroxylation is 1. The largest absolute Gasteiger partial charge is 0.443 e. The zero-order valence-electron chi connectivity index (χ0n) is 20.5. The van der Waals surface area contributed by atoms with Crippen LogP contribution in [0.15, 0.2) is 58.2 Å². The van der Waals surface area contributed by atoms with Gasteiger partial charge >= 0.3 is 0 Å². The third-order valence-corrected chi connectivity index (χ3v) is 10.0. The smallest absolute Gasteiger partial charge is 0.248 e. The maximum absolute atomic E-state index is 14.2. The Kier molecular flexibility index (Phi) is 5.87. The van der Waals surface area contributed by atoms with E-state index in [1.54, 1.807) is 35.2 Å². The quantitative estimate of drug-likeness (QED) is 0.460. The van der Waals surface area contributed by atoms with Crippen LogP contribution in [-0.4, -0.2) is 53.1 Å². The lowest BCUT2D eigenvalue weighted by Crippen LogP contribution is -2.53. The van der Waals surface area contributed by atoms with Crippen LogP contribution in [0, 0.1) is 18.8 Å². The molecule has 2 aromatic carbocycles. The van der Waals surface area contributed by atoms with Gasteiger partial charge in [0.05, 0.1) is 4.90 Å². The van der Waals surface area contributed by atoms with Crippen molar-refractivity contribution >= 4 is 27.0 Å². The predicted molar refractivity (Wildman–Crippen MR) is 132 cm³/mol. The van der Waals surface area contributed by atoms with E-state index in [9.17, 15) is 22.0 Å². The van der Waals surface area contributed by atoms with Gasteiger partial charge in [-0.1, -0.05) is 23.8 Å². The van der Waals surface area contributed by atoms with Gasteiger partial charge in [0.1, 0.15) is 11.6 Å². The van der Waals surface area contributed by atoms with Crippen molar-refractivity contribution in [3.63, 3.8) is 0 Å². The lowest BCUT2D eigenvalue weighted by molar-refractivity contribution is -0.141. The van der Waals surface area contributed by atoms with E-state index in [4.69, 9.17) is 4.42 Å². The molecular weight excluding hydrogens is 500 g/mol. The number of sulfonamides is 1. The molecule has 2 heterocycles. The summed E-state index contributed by atoms with van der Waals surface area (Å²) in [6.45, 7) is 2.39. The zero-order chi connectivity index (χ0) is 25.9. The van der Waals surface area contributed by atoms with E-state index >= 15 is 0 Å². The first-order chi connectivity index (χ1) is 17.6. The van der Waals surface area contributed by atoms with E-state index in [1.165, 1.54) is 10.7 Å². The van der Waals surface area contributed by atoms with Gasteiger partial charge in [0.25, 0.3) is 0 Å². The standard InChI is InChI=1S/C27H29F2N3O4S/c1-17-2-5-21(6-3-17)37(34,35)32-15-19-13-22(19)25(32)26(33)31(20-8-10-27(28,29)11-9-20)14-18-4-7-24-23(12-18)30-16-36-24/h2-7,12,16,19-20,22,25H,8-11,13-15H2,1H3/t19-,22-,25-/m1/s1. The maximum atomic E-state index is 14.2. The minimum absolute atomic E-state index is 0.0433. The van der Waals surface area contributed by atoms with E-state index in [0.29, 0.717) is 17.6 Å². The number of hydrogen-bond acceptors (Lipinski definition) is 5. The Morgan fingerprint density at radius 1 is 1.16 bits per heavy atom. The third-order valence-electron chi connectivity index (χ3n) is 8.15. The molecule has 0 N–H and O–H groups in total. The molecule has 0 radical (unpaired) electrons. The highest BCUT2D eigenvalue weighted by Crippen LogP contribution is 2.52. The number of fused-ring (bicyclic) bond motifs is 2. The number of hydrogen-bond donors (Lipinski definition) is 0. The molecule has 1 aliphatic heterocycles. The lowest BCUT2D eigenvalue weighted by atomic mass is 9.90. The zero-order valence-corrected chi connectivity index (χ0v) is 21.3. The summed E-state index contributed by atoms with van der Waals surface area (Å²) in [5, 5.41) is 0. The number of carbonyl (C=O) groups is 1. The van der Waals surface area contributed by atoms with Gasteiger partial charge in [0.2, 0.25) is 21.9 Å². The molecule has 196 valence electrons. The number of amides is 1. The second kappa shape index (κ2) is 8.87. The first kappa shape index (κ1) is 24.5. The Labute approximate surface area is 214 Å². The summed E-state index contributed by atoms with van der Waals surface area (Å²) < 4.78 is 61.9. The summed E-state index contributed by atoms with van der Waals surface area (Å²) in [5.74, 6) is -2.92. The monoisotopic (exact) mass is 529 g/mol. The fourth-order valence-corrected chi connectivity index (χ4v) is 7.60. The maximum Gasteiger partial charge on any atom is 0.248 e. The van der Waals surface area contributed by atoms with Gasteiger partial charge in [0.15, 0.2) is 12.0 Å². The molecule has 0 spiro atoms. The minimum Gasteiger partial charge on any atom is -0.443 e. The van der Waals surface area contributed by atoms with Crippen LogP contribution in [-0.2, 0) is 21.4 Å². The van der Waals surface area contributed by atoms with E-state index < -0.39 is 22.0 Å². The van der Waals surface area contributed by atoms with Gasteiger partial charge in [-0.3, -0.25) is 4.79 Å². The average Bonchev–Trinajstić information content (AvgIpc) is 3.29. The molecule has 10 heteroatoms. The highest BCUT2D eigenvalue weighted by atomic mass is 32.2. The molecule has 6 rings (SSSR count). The second-order valence-electron chi connectivity index (χ2n) is 10.7. The molecule has 7 nitrogen and oxygen atoms in total. The SMILES string of the molecule is Cc1ccc(S(=O)(=O)N2C[C@H]3C[C@H]3[C@@H]2C(=O)N(Cc2ccc3ocnc3c2)C2CCC(F)(F)CC2)cc1. The molecule has 0 bridgehead atoms. The number of halogens is 2. The minimum atomic E-state index is -3.89. The average molecular weight is 530 g/mol. The van der Waals surface area contributed by atoms with Crippen LogP contribution in [0.3, 0.4) is 0 Å². The van der Waals surface area contributed by atoms with Crippen molar-refractivity contribution in [2.45, 2.75) is 68.5 Å². The summed E-state index contributed by atoms with van der Waals surface area (Å²) in [7, 11) is -3.89. The van der Waals surface area contributed by atoms with Crippen molar-refractivity contribution < 1.29 is 26.4 Å². The summed E-state index contributed by atoms with van der Waals surface area (Å²) in [6, 6.07) is 10.9. The van der Waals surface area contributed by atoms with Crippen LogP contribution in [0.5, 0.6) is 0 Å². The van der Waals surface area contributed by atoms with E-state index in [-0.39, 0.29) is 60.9 Å². The number of rotatable bonds is 6. The molecule has 0 unspecified atom stereocenters. The van der Waals surface area contributed by atoms with Gasteiger partial charge in [0, 0.05) is 32.0 Å². The van der Waals surface area contributed by atoms with Crippen LogP contribution < -0.4 is 0 Å². The van der Waals surface area contributed by atoms with E-state index in [0.717, 1.165) is 17.5 Å². The highest BCUT2D eigenvalue weighted by molar-refractivity contribution is 7.89. The molecule has 1 amide bonds. The van der Waals surface area contributed by atoms with Gasteiger partial charge in [-0.05, 0) is 67.9 Å². The van der Waals surface area contributed by atoms with Crippen molar-refractivity contribution in [3.05, 3.63) is 60.0 Å². The fourth-order valence-electron chi connectivity index (χ4n) is 5.92. The lowest BCUT2D eigenvalue weighted by Gasteiger charge is -2.39. The molecule has 3 aromatic rings. The normalized spacial score (nSPS) is 25.8. The second-order valence-corrected chi connectivity index (χ2v) is 12.6. The Balaban J connectivity index is 1.32. The summed E-state index contributed by atoms with van der Waals surface area (Å²) in [5.41, 5.74) is 3.00. The molecule has 2 saturated carbocycles. The molecule has 37 heavy (non-hydrogen) atoms. The summed E-state index contributed by atoms with van der Waals surface area (Å²) >= 11 is 0. The van der Waals surface area contributed by atoms with Crippen molar-refractivity contribution in [2.24, 2.45) is 11.8 Å². The number of aromatic nitrogens is 1. The Hall–Kier alpha value is -2.85. The van der Waals surface area contributed by atoms with Crippen LogP contribution in [0.1, 0.15) is 43.2 Å². The number of carbonyl (C=O) groups excluding carboxylic acids is 1. The topological polar surface area (TPSA) is 83.7 Å². The molecule has 3 fully saturated rings. The number of oxazole rings is 1. The molecule has 1 saturated heterocycles. The van der Waals surface area contributed by atoms with Gasteiger partial charge < -0.3 is 9.32 Å².